The summed E-state index contributed by atoms with van der Waals surface area (Å²) in [6.45, 7) is 1.96. The molecule has 2 aromatic heterocycles. The van der Waals surface area contributed by atoms with Gasteiger partial charge in [0.05, 0.1) is 29.8 Å². The Labute approximate surface area is 184 Å². The normalized spacial score (nSPS) is 11.6. The van der Waals surface area contributed by atoms with Crippen LogP contribution in [-0.2, 0) is 25.9 Å². The molecule has 0 amide bonds. The Morgan fingerprint density at radius 2 is 2.12 bits per heavy atom. The van der Waals surface area contributed by atoms with Crippen molar-refractivity contribution in [3.05, 3.63) is 53.3 Å². The van der Waals surface area contributed by atoms with E-state index in [9.17, 15) is 18.5 Å². The van der Waals surface area contributed by atoms with Gasteiger partial charge < -0.3 is 15.0 Å². The van der Waals surface area contributed by atoms with Gasteiger partial charge in [0.25, 0.3) is 0 Å². The van der Waals surface area contributed by atoms with Gasteiger partial charge in [0, 0.05) is 40.5 Å². The number of hydrogen-bond acceptors (Lipinski definition) is 7. The predicted molar refractivity (Wildman–Crippen MR) is 120 cm³/mol. The molecule has 0 fully saturated rings. The minimum Gasteiger partial charge on any atom is -0.468 e. The first-order chi connectivity index (χ1) is 15.2. The molecular weight excluding hydrogens is 430 g/mol. The predicted octanol–water partition coefficient (Wildman–Crippen LogP) is 2.73. The summed E-state index contributed by atoms with van der Waals surface area (Å²) >= 11 is 0. The third-order valence-electron chi connectivity index (χ3n) is 5.31. The number of nitrogens with one attached hydrogen (secondary N) is 2. The average Bonchev–Trinajstić information content (AvgIpc) is 3.40. The van der Waals surface area contributed by atoms with E-state index in [1.165, 1.54) is 13.4 Å². The summed E-state index contributed by atoms with van der Waals surface area (Å²) in [6, 6.07) is 9.03. The third-order valence-corrected chi connectivity index (χ3v) is 6.48. The second-order valence-electron chi connectivity index (χ2n) is 7.50. The Morgan fingerprint density at radius 1 is 1.34 bits per heavy atom. The average molecular weight is 452 g/mol. The molecule has 4 aromatic rings. The van der Waals surface area contributed by atoms with Crippen molar-refractivity contribution in [3.8, 4) is 6.07 Å². The lowest BCUT2D eigenvalue weighted by Gasteiger charge is -2.12. The first-order valence-corrected chi connectivity index (χ1v) is 11.6. The number of benzene rings is 2. The number of nitrogens with zero attached hydrogens (tertiary/aromatic N) is 3. The van der Waals surface area contributed by atoms with Gasteiger partial charge in [0.15, 0.2) is 9.84 Å². The van der Waals surface area contributed by atoms with Crippen LogP contribution in [0.1, 0.15) is 16.7 Å². The zero-order valence-corrected chi connectivity index (χ0v) is 18.6. The molecule has 0 unspecified atom stereocenters. The standard InChI is InChI=1S/C22H21N5O4S/c1-13-8-18(32(3,29)30)17(16-6-7-24-20(13)16)12-27-11-15-5-4-14(9-23)21(22(15)26-27)25-10-19(28)31-2/h4-8,11,24-25H,10,12H2,1-3H3. The van der Waals surface area contributed by atoms with Gasteiger partial charge in [-0.25, -0.2) is 8.42 Å². The van der Waals surface area contributed by atoms with Crippen LogP contribution in [0.2, 0.25) is 0 Å². The topological polar surface area (TPSA) is 130 Å². The molecule has 0 aliphatic heterocycles. The lowest BCUT2D eigenvalue weighted by molar-refractivity contribution is -0.138. The zero-order chi connectivity index (χ0) is 23.0. The number of H-pyrrole nitrogens is 1. The van der Waals surface area contributed by atoms with Crippen molar-refractivity contribution in [1.82, 2.24) is 14.8 Å². The number of carbonyl (C=O) groups is 1. The number of nitriles is 1. The van der Waals surface area contributed by atoms with Gasteiger partial charge in [0.1, 0.15) is 18.1 Å². The largest absolute Gasteiger partial charge is 0.468 e. The maximum absolute atomic E-state index is 12.5. The highest BCUT2D eigenvalue weighted by Crippen LogP contribution is 2.31. The lowest BCUT2D eigenvalue weighted by atomic mass is 10.1. The smallest absolute Gasteiger partial charge is 0.325 e. The molecule has 0 spiro atoms. The van der Waals surface area contributed by atoms with Crippen LogP contribution in [0.3, 0.4) is 0 Å². The van der Waals surface area contributed by atoms with E-state index in [2.05, 4.69) is 26.2 Å². The number of hydrogen-bond donors (Lipinski definition) is 2. The van der Waals surface area contributed by atoms with Crippen LogP contribution in [0.15, 0.2) is 41.6 Å². The molecule has 0 bridgehead atoms. The van der Waals surface area contributed by atoms with Crippen LogP contribution in [0.5, 0.6) is 0 Å². The summed E-state index contributed by atoms with van der Waals surface area (Å²) in [7, 11) is -2.19. The molecule has 2 N–H and O–H groups in total. The van der Waals surface area contributed by atoms with Crippen LogP contribution in [0.4, 0.5) is 5.69 Å². The first-order valence-electron chi connectivity index (χ1n) is 9.73. The summed E-state index contributed by atoms with van der Waals surface area (Å²) in [5.74, 6) is -0.474. The van der Waals surface area contributed by atoms with Crippen molar-refractivity contribution in [1.29, 1.82) is 5.26 Å². The number of aryl methyl sites for hydroxylation is 1. The number of sulfone groups is 1. The van der Waals surface area contributed by atoms with Crippen molar-refractivity contribution in [2.75, 3.05) is 25.2 Å². The highest BCUT2D eigenvalue weighted by atomic mass is 32.2. The Morgan fingerprint density at radius 3 is 2.81 bits per heavy atom. The van der Waals surface area contributed by atoms with Crippen LogP contribution >= 0.6 is 0 Å². The maximum Gasteiger partial charge on any atom is 0.325 e. The Balaban J connectivity index is 1.84. The summed E-state index contributed by atoms with van der Waals surface area (Å²) in [6.07, 6.45) is 4.75. The van der Waals surface area contributed by atoms with Crippen molar-refractivity contribution in [2.24, 2.45) is 0 Å². The second-order valence-corrected chi connectivity index (χ2v) is 9.49. The van der Waals surface area contributed by atoms with E-state index in [1.807, 2.05) is 13.0 Å². The lowest BCUT2D eigenvalue weighted by Crippen LogP contribution is -2.16. The Bertz CT molecular complexity index is 1510. The fourth-order valence-corrected chi connectivity index (χ4v) is 4.83. The Hall–Kier alpha value is -3.84. The molecular formula is C22H21N5O4S. The van der Waals surface area contributed by atoms with E-state index in [-0.39, 0.29) is 18.0 Å². The van der Waals surface area contributed by atoms with Gasteiger partial charge in [-0.15, -0.1) is 0 Å². The molecule has 4 rings (SSSR count). The number of fused-ring (bicyclic) bond motifs is 2. The fraction of sp³-hybridized carbons (Fsp3) is 0.227. The number of esters is 1. The molecule has 164 valence electrons. The number of carbonyl (C=O) groups excluding carboxylic acids is 1. The molecule has 0 saturated carbocycles. The van der Waals surface area contributed by atoms with E-state index < -0.39 is 15.8 Å². The highest BCUT2D eigenvalue weighted by Gasteiger charge is 2.20. The number of aromatic amines is 1. The highest BCUT2D eigenvalue weighted by molar-refractivity contribution is 7.90. The molecule has 9 nitrogen and oxygen atoms in total. The van der Waals surface area contributed by atoms with Crippen molar-refractivity contribution < 1.29 is 17.9 Å². The quantitative estimate of drug-likeness (QED) is 0.431. The van der Waals surface area contributed by atoms with Gasteiger partial charge in [-0.2, -0.15) is 10.4 Å². The maximum atomic E-state index is 12.5. The van der Waals surface area contributed by atoms with Gasteiger partial charge in [0.2, 0.25) is 0 Å². The van der Waals surface area contributed by atoms with Crippen LogP contribution < -0.4 is 5.32 Å². The van der Waals surface area contributed by atoms with E-state index in [4.69, 9.17) is 0 Å². The molecule has 0 radical (unpaired) electrons. The fourth-order valence-electron chi connectivity index (χ4n) is 3.81. The van der Waals surface area contributed by atoms with Gasteiger partial charge in [-0.1, -0.05) is 0 Å². The second kappa shape index (κ2) is 8.01. The molecule has 0 aliphatic rings. The summed E-state index contributed by atoms with van der Waals surface area (Å²) in [5, 5.41) is 18.6. The monoisotopic (exact) mass is 451 g/mol. The van der Waals surface area contributed by atoms with Gasteiger partial charge in [-0.05, 0) is 36.8 Å². The molecule has 2 heterocycles. The van der Waals surface area contributed by atoms with Crippen LogP contribution in [0, 0.1) is 18.3 Å². The third kappa shape index (κ3) is 3.78. The van der Waals surface area contributed by atoms with Crippen molar-refractivity contribution in [3.63, 3.8) is 0 Å². The first kappa shape index (κ1) is 21.4. The zero-order valence-electron chi connectivity index (χ0n) is 17.8. The van der Waals surface area contributed by atoms with Crippen LogP contribution in [0.25, 0.3) is 21.8 Å². The summed E-state index contributed by atoms with van der Waals surface area (Å²) in [5.41, 5.74) is 3.61. The van der Waals surface area contributed by atoms with Crippen molar-refractivity contribution in [2.45, 2.75) is 18.4 Å². The van der Waals surface area contributed by atoms with Crippen LogP contribution in [-0.4, -0.2) is 49.1 Å². The Kier molecular flexibility index (Phi) is 5.36. The molecule has 0 atom stereocenters. The number of ether oxygens (including phenoxy) is 1. The van der Waals surface area contributed by atoms with Gasteiger partial charge in [-0.3, -0.25) is 9.48 Å². The SMILES string of the molecule is COC(=O)CNc1c(C#N)ccc2cn(Cc3c(S(C)(=O)=O)cc(C)c4[nH]ccc34)nc12. The van der Waals surface area contributed by atoms with E-state index in [0.717, 1.165) is 21.9 Å². The van der Waals surface area contributed by atoms with E-state index in [0.29, 0.717) is 22.3 Å². The summed E-state index contributed by atoms with van der Waals surface area (Å²) in [4.78, 5) is 15.0. The van der Waals surface area contributed by atoms with E-state index in [1.54, 1.807) is 35.3 Å². The van der Waals surface area contributed by atoms with E-state index >= 15 is 0 Å². The molecule has 32 heavy (non-hydrogen) atoms. The minimum absolute atomic E-state index is 0.114. The number of anilines is 1. The molecule has 2 aromatic carbocycles. The number of aromatic nitrogens is 3. The molecule has 0 saturated heterocycles. The number of rotatable bonds is 6. The molecule has 0 aliphatic carbocycles. The van der Waals surface area contributed by atoms with Gasteiger partial charge >= 0.3 is 5.97 Å². The summed E-state index contributed by atoms with van der Waals surface area (Å²) < 4.78 is 31.3. The minimum atomic E-state index is -3.48. The molecule has 10 heteroatoms. The van der Waals surface area contributed by atoms with Crippen molar-refractivity contribution >= 4 is 43.3 Å². The number of methoxy groups -OCH3 is 1.